The lowest BCUT2D eigenvalue weighted by atomic mass is 9.87. The first-order valence-electron chi connectivity index (χ1n) is 7.18. The Morgan fingerprint density at radius 3 is 2.58 bits per heavy atom. The van der Waals surface area contributed by atoms with Gasteiger partial charge in [0, 0.05) is 23.2 Å². The Morgan fingerprint density at radius 1 is 1.21 bits per heavy atom. The van der Waals surface area contributed by atoms with E-state index in [4.69, 9.17) is 5.73 Å². The van der Waals surface area contributed by atoms with Crippen LogP contribution in [0, 0.1) is 5.41 Å². The first-order valence-corrected chi connectivity index (χ1v) is 7.98. The largest absolute Gasteiger partial charge is 0.399 e. The van der Waals surface area contributed by atoms with Gasteiger partial charge in [-0.05, 0) is 35.6 Å². The number of anilines is 1. The van der Waals surface area contributed by atoms with Gasteiger partial charge in [0.1, 0.15) is 0 Å². The summed E-state index contributed by atoms with van der Waals surface area (Å²) < 4.78 is 1.05. The molecule has 0 unspecified atom stereocenters. The highest BCUT2D eigenvalue weighted by Gasteiger charge is 2.16. The molecule has 0 atom stereocenters. The Kier molecular flexibility index (Phi) is 6.87. The average Bonchev–Trinajstić information content (AvgIpc) is 2.27. The van der Waals surface area contributed by atoms with Crippen LogP contribution in [-0.4, -0.2) is 6.54 Å². The number of nitrogen functional groups attached to an aromatic ring is 1. The lowest BCUT2D eigenvalue weighted by Gasteiger charge is -2.25. The molecule has 0 bridgehead atoms. The van der Waals surface area contributed by atoms with Crippen molar-refractivity contribution in [1.29, 1.82) is 0 Å². The van der Waals surface area contributed by atoms with Crippen LogP contribution in [0.15, 0.2) is 22.7 Å². The van der Waals surface area contributed by atoms with Crippen molar-refractivity contribution in [2.24, 2.45) is 5.41 Å². The van der Waals surface area contributed by atoms with Crippen LogP contribution >= 0.6 is 15.9 Å². The molecule has 1 rings (SSSR count). The monoisotopic (exact) mass is 326 g/mol. The van der Waals surface area contributed by atoms with Crippen molar-refractivity contribution in [3.05, 3.63) is 28.2 Å². The summed E-state index contributed by atoms with van der Waals surface area (Å²) in [6.07, 6.45) is 5.25. The van der Waals surface area contributed by atoms with Gasteiger partial charge in [0.05, 0.1) is 0 Å². The molecular formula is C16H27BrN2. The second-order valence-electron chi connectivity index (χ2n) is 6.12. The van der Waals surface area contributed by atoms with Crippen LogP contribution in [0.3, 0.4) is 0 Å². The lowest BCUT2D eigenvalue weighted by Crippen LogP contribution is -2.29. The summed E-state index contributed by atoms with van der Waals surface area (Å²) in [5.74, 6) is 0. The fourth-order valence-corrected chi connectivity index (χ4v) is 2.82. The third kappa shape index (κ3) is 6.98. The molecule has 0 aliphatic carbocycles. The van der Waals surface area contributed by atoms with E-state index < -0.39 is 0 Å². The predicted molar refractivity (Wildman–Crippen MR) is 88.2 cm³/mol. The van der Waals surface area contributed by atoms with Crippen LogP contribution in [0.2, 0.25) is 0 Å². The second kappa shape index (κ2) is 7.91. The van der Waals surface area contributed by atoms with E-state index in [-0.39, 0.29) is 0 Å². The Hall–Kier alpha value is -0.540. The highest BCUT2D eigenvalue weighted by atomic mass is 79.9. The fourth-order valence-electron chi connectivity index (χ4n) is 2.26. The maximum absolute atomic E-state index is 5.84. The number of halogens is 1. The molecule has 0 spiro atoms. The molecule has 0 aliphatic heterocycles. The maximum Gasteiger partial charge on any atom is 0.0328 e. The van der Waals surface area contributed by atoms with Crippen molar-refractivity contribution >= 4 is 21.6 Å². The van der Waals surface area contributed by atoms with E-state index in [1.165, 1.54) is 31.2 Å². The zero-order chi connectivity index (χ0) is 14.3. The molecule has 0 saturated heterocycles. The van der Waals surface area contributed by atoms with E-state index in [0.717, 1.165) is 23.2 Å². The minimum absolute atomic E-state index is 0.368. The van der Waals surface area contributed by atoms with Gasteiger partial charge < -0.3 is 11.1 Å². The van der Waals surface area contributed by atoms with Crippen molar-refractivity contribution in [1.82, 2.24) is 5.32 Å². The van der Waals surface area contributed by atoms with Crippen LogP contribution in [-0.2, 0) is 6.54 Å². The van der Waals surface area contributed by atoms with Crippen molar-refractivity contribution in [2.45, 2.75) is 53.0 Å². The third-order valence-electron chi connectivity index (χ3n) is 3.37. The Morgan fingerprint density at radius 2 is 1.95 bits per heavy atom. The van der Waals surface area contributed by atoms with Crippen LogP contribution in [0.25, 0.3) is 0 Å². The van der Waals surface area contributed by atoms with E-state index in [2.05, 4.69) is 48.1 Å². The summed E-state index contributed by atoms with van der Waals surface area (Å²) in [4.78, 5) is 0. The molecule has 2 nitrogen and oxygen atoms in total. The Labute approximate surface area is 126 Å². The molecule has 0 aliphatic rings. The lowest BCUT2D eigenvalue weighted by molar-refractivity contribution is 0.302. The van der Waals surface area contributed by atoms with Gasteiger partial charge in [0.2, 0.25) is 0 Å². The molecule has 108 valence electrons. The molecular weight excluding hydrogens is 300 g/mol. The summed E-state index contributed by atoms with van der Waals surface area (Å²) in [5, 5.41) is 3.55. The summed E-state index contributed by atoms with van der Waals surface area (Å²) >= 11 is 3.48. The first-order chi connectivity index (χ1) is 8.93. The maximum atomic E-state index is 5.84. The molecule has 1 aromatic carbocycles. The second-order valence-corrected chi connectivity index (χ2v) is 7.03. The molecule has 0 heterocycles. The number of hydrogen-bond acceptors (Lipinski definition) is 2. The smallest absolute Gasteiger partial charge is 0.0328 e. The highest BCUT2D eigenvalue weighted by molar-refractivity contribution is 9.10. The molecule has 0 fully saturated rings. The SMILES string of the molecule is CCCCCC(C)(C)CNCc1cc(N)cc(Br)c1. The molecule has 0 amide bonds. The minimum atomic E-state index is 0.368. The van der Waals surface area contributed by atoms with E-state index in [0.29, 0.717) is 5.41 Å². The first kappa shape index (κ1) is 16.5. The van der Waals surface area contributed by atoms with Crippen molar-refractivity contribution < 1.29 is 0 Å². The van der Waals surface area contributed by atoms with Gasteiger partial charge >= 0.3 is 0 Å². The van der Waals surface area contributed by atoms with E-state index in [9.17, 15) is 0 Å². The minimum Gasteiger partial charge on any atom is -0.399 e. The quantitative estimate of drug-likeness (QED) is 0.535. The number of nitrogens with one attached hydrogen (secondary N) is 1. The number of benzene rings is 1. The average molecular weight is 327 g/mol. The van der Waals surface area contributed by atoms with Gasteiger partial charge in [-0.3, -0.25) is 0 Å². The molecule has 0 saturated carbocycles. The molecule has 0 aromatic heterocycles. The van der Waals surface area contributed by atoms with Gasteiger partial charge in [-0.2, -0.15) is 0 Å². The molecule has 3 N–H and O–H groups in total. The topological polar surface area (TPSA) is 38.0 Å². The van der Waals surface area contributed by atoms with Crippen LogP contribution in [0.1, 0.15) is 52.0 Å². The number of nitrogens with two attached hydrogens (primary N) is 1. The summed E-state index contributed by atoms with van der Waals surface area (Å²) in [6, 6.07) is 6.08. The normalized spacial score (nSPS) is 11.8. The third-order valence-corrected chi connectivity index (χ3v) is 3.83. The van der Waals surface area contributed by atoms with Crippen LogP contribution in [0.5, 0.6) is 0 Å². The molecule has 1 aromatic rings. The van der Waals surface area contributed by atoms with Crippen LogP contribution < -0.4 is 11.1 Å². The molecule has 0 radical (unpaired) electrons. The Bertz CT molecular complexity index is 368. The highest BCUT2D eigenvalue weighted by Crippen LogP contribution is 2.23. The zero-order valence-corrected chi connectivity index (χ0v) is 14.0. The summed E-state index contributed by atoms with van der Waals surface area (Å²) in [5.41, 5.74) is 8.25. The summed E-state index contributed by atoms with van der Waals surface area (Å²) in [7, 11) is 0. The predicted octanol–water partition coefficient (Wildman–Crippen LogP) is 4.73. The van der Waals surface area contributed by atoms with Gasteiger partial charge in [0.25, 0.3) is 0 Å². The Balaban J connectivity index is 2.36. The van der Waals surface area contributed by atoms with Crippen molar-refractivity contribution in [3.8, 4) is 0 Å². The van der Waals surface area contributed by atoms with Crippen LogP contribution in [0.4, 0.5) is 5.69 Å². The zero-order valence-electron chi connectivity index (χ0n) is 12.4. The summed E-state index contributed by atoms with van der Waals surface area (Å²) in [6.45, 7) is 8.85. The molecule has 3 heteroatoms. The standard InChI is InChI=1S/C16H27BrN2/c1-4-5-6-7-16(2,3)12-19-11-13-8-14(17)10-15(18)9-13/h8-10,19H,4-7,11-12,18H2,1-3H3. The van der Waals surface area contributed by atoms with E-state index in [1.54, 1.807) is 0 Å². The van der Waals surface area contributed by atoms with E-state index >= 15 is 0 Å². The number of unbranched alkanes of at least 4 members (excludes halogenated alkanes) is 2. The van der Waals surface area contributed by atoms with E-state index in [1.807, 2.05) is 12.1 Å². The van der Waals surface area contributed by atoms with Gasteiger partial charge in [-0.15, -0.1) is 0 Å². The number of rotatable bonds is 8. The number of hydrogen-bond donors (Lipinski definition) is 2. The van der Waals surface area contributed by atoms with Gasteiger partial charge in [0.15, 0.2) is 0 Å². The fraction of sp³-hybridized carbons (Fsp3) is 0.625. The van der Waals surface area contributed by atoms with Gasteiger partial charge in [-0.25, -0.2) is 0 Å². The molecule has 19 heavy (non-hydrogen) atoms. The van der Waals surface area contributed by atoms with Crippen molar-refractivity contribution in [2.75, 3.05) is 12.3 Å². The van der Waals surface area contributed by atoms with Crippen molar-refractivity contribution in [3.63, 3.8) is 0 Å². The van der Waals surface area contributed by atoms with Gasteiger partial charge in [-0.1, -0.05) is 56.0 Å².